The van der Waals surface area contributed by atoms with Crippen LogP contribution in [-0.4, -0.2) is 25.2 Å². The zero-order valence-corrected chi connectivity index (χ0v) is 13.8. The minimum atomic E-state index is -0.333. The number of anilines is 1. The lowest BCUT2D eigenvalue weighted by Gasteiger charge is -2.11. The number of rotatable bonds is 5. The van der Waals surface area contributed by atoms with Crippen molar-refractivity contribution in [2.45, 2.75) is 6.54 Å². The number of halogens is 1. The molecule has 0 radical (unpaired) electrons. The van der Waals surface area contributed by atoms with E-state index in [-0.39, 0.29) is 6.03 Å². The maximum absolute atomic E-state index is 11.8. The number of carbonyl (C=O) groups excluding carboxylic acids is 1. The number of carbonyl (C=O) groups is 1. The molecule has 0 aliphatic carbocycles. The lowest BCUT2D eigenvalue weighted by Crippen LogP contribution is -2.28. The van der Waals surface area contributed by atoms with E-state index in [2.05, 4.69) is 31.5 Å². The zero-order chi connectivity index (χ0) is 15.9. The van der Waals surface area contributed by atoms with Gasteiger partial charge in [-0.25, -0.2) is 9.78 Å². The second-order valence-corrected chi connectivity index (χ2v) is 5.27. The summed E-state index contributed by atoms with van der Waals surface area (Å²) in [6.07, 6.45) is 1.61. The third-order valence-electron chi connectivity index (χ3n) is 2.86. The van der Waals surface area contributed by atoms with Crippen LogP contribution in [0.3, 0.4) is 0 Å². The molecule has 116 valence electrons. The normalized spacial score (nSPS) is 9.95. The molecule has 0 bridgehead atoms. The van der Waals surface area contributed by atoms with E-state index in [4.69, 9.17) is 9.47 Å². The van der Waals surface area contributed by atoms with E-state index in [1.807, 2.05) is 12.1 Å². The summed E-state index contributed by atoms with van der Waals surface area (Å²) in [6, 6.07) is 8.64. The maximum Gasteiger partial charge on any atom is 0.320 e. The average Bonchev–Trinajstić information content (AvgIpc) is 2.52. The molecule has 1 aromatic carbocycles. The molecule has 2 N–H and O–H groups in total. The summed E-state index contributed by atoms with van der Waals surface area (Å²) in [5, 5.41) is 5.41. The Morgan fingerprint density at radius 1 is 1.18 bits per heavy atom. The van der Waals surface area contributed by atoms with Crippen molar-refractivity contribution in [3.8, 4) is 11.5 Å². The Balaban J connectivity index is 1.93. The molecule has 0 fully saturated rings. The zero-order valence-electron chi connectivity index (χ0n) is 12.2. The second kappa shape index (κ2) is 7.65. The summed E-state index contributed by atoms with van der Waals surface area (Å²) in [5.74, 6) is 1.74. The number of nitrogens with one attached hydrogen (secondary N) is 2. The van der Waals surface area contributed by atoms with Crippen LogP contribution in [-0.2, 0) is 6.54 Å². The van der Waals surface area contributed by atoms with E-state index >= 15 is 0 Å². The topological polar surface area (TPSA) is 72.5 Å². The highest BCUT2D eigenvalue weighted by Crippen LogP contribution is 2.27. The summed E-state index contributed by atoms with van der Waals surface area (Å²) >= 11 is 3.32. The molecule has 1 aromatic heterocycles. The fourth-order valence-corrected chi connectivity index (χ4v) is 2.14. The van der Waals surface area contributed by atoms with Crippen molar-refractivity contribution in [2.24, 2.45) is 0 Å². The van der Waals surface area contributed by atoms with Crippen molar-refractivity contribution < 1.29 is 14.3 Å². The standard InChI is InChI=1S/C15H16BrN3O3/c1-21-12-4-3-10(7-13(12)22-2)9-18-15(20)19-14-8-11(16)5-6-17-14/h3-8H,9H2,1-2H3,(H2,17,18,19,20). The molecule has 0 aliphatic heterocycles. The first-order valence-electron chi connectivity index (χ1n) is 6.49. The Morgan fingerprint density at radius 2 is 1.95 bits per heavy atom. The van der Waals surface area contributed by atoms with Gasteiger partial charge in [-0.2, -0.15) is 0 Å². The molecule has 1 heterocycles. The highest BCUT2D eigenvalue weighted by Gasteiger charge is 2.06. The first kappa shape index (κ1) is 16.1. The quantitative estimate of drug-likeness (QED) is 0.853. The largest absolute Gasteiger partial charge is 0.493 e. The Bertz CT molecular complexity index is 664. The Hall–Kier alpha value is -2.28. The van der Waals surface area contributed by atoms with Crippen molar-refractivity contribution in [2.75, 3.05) is 19.5 Å². The van der Waals surface area contributed by atoms with Gasteiger partial charge in [0.05, 0.1) is 14.2 Å². The lowest BCUT2D eigenvalue weighted by molar-refractivity contribution is 0.251. The fourth-order valence-electron chi connectivity index (χ4n) is 1.81. The van der Waals surface area contributed by atoms with Gasteiger partial charge >= 0.3 is 6.03 Å². The number of nitrogens with zero attached hydrogens (tertiary/aromatic N) is 1. The van der Waals surface area contributed by atoms with Crippen LogP contribution in [0, 0.1) is 0 Å². The van der Waals surface area contributed by atoms with Gasteiger partial charge in [0.1, 0.15) is 5.82 Å². The van der Waals surface area contributed by atoms with E-state index < -0.39 is 0 Å². The molecular weight excluding hydrogens is 350 g/mol. The lowest BCUT2D eigenvalue weighted by atomic mass is 10.2. The number of urea groups is 1. The Morgan fingerprint density at radius 3 is 2.64 bits per heavy atom. The van der Waals surface area contributed by atoms with Crippen LogP contribution in [0.4, 0.5) is 10.6 Å². The molecule has 2 rings (SSSR count). The minimum absolute atomic E-state index is 0.333. The number of ether oxygens (including phenoxy) is 2. The minimum Gasteiger partial charge on any atom is -0.493 e. The molecule has 0 unspecified atom stereocenters. The highest BCUT2D eigenvalue weighted by atomic mass is 79.9. The van der Waals surface area contributed by atoms with Crippen LogP contribution in [0.2, 0.25) is 0 Å². The van der Waals surface area contributed by atoms with Crippen molar-refractivity contribution in [1.29, 1.82) is 0 Å². The van der Waals surface area contributed by atoms with E-state index in [1.165, 1.54) is 0 Å². The van der Waals surface area contributed by atoms with Gasteiger partial charge < -0.3 is 14.8 Å². The molecular formula is C15H16BrN3O3. The number of methoxy groups -OCH3 is 2. The molecule has 2 amide bonds. The van der Waals surface area contributed by atoms with Gasteiger partial charge in [0.2, 0.25) is 0 Å². The summed E-state index contributed by atoms with van der Waals surface area (Å²) < 4.78 is 11.2. The number of hydrogen-bond acceptors (Lipinski definition) is 4. The first-order chi connectivity index (χ1) is 10.6. The van der Waals surface area contributed by atoms with Gasteiger partial charge in [0.15, 0.2) is 11.5 Å². The number of pyridine rings is 1. The van der Waals surface area contributed by atoms with Crippen LogP contribution in [0.25, 0.3) is 0 Å². The third kappa shape index (κ3) is 4.36. The van der Waals surface area contributed by atoms with E-state index in [9.17, 15) is 4.79 Å². The summed E-state index contributed by atoms with van der Waals surface area (Å²) in [7, 11) is 3.15. The second-order valence-electron chi connectivity index (χ2n) is 4.36. The smallest absolute Gasteiger partial charge is 0.320 e. The van der Waals surface area contributed by atoms with Crippen molar-refractivity contribution in [1.82, 2.24) is 10.3 Å². The predicted octanol–water partition coefficient (Wildman–Crippen LogP) is 3.18. The molecule has 7 heteroatoms. The van der Waals surface area contributed by atoms with Crippen molar-refractivity contribution >= 4 is 27.8 Å². The molecule has 0 saturated heterocycles. The number of benzene rings is 1. The summed E-state index contributed by atoms with van der Waals surface area (Å²) in [5.41, 5.74) is 0.898. The summed E-state index contributed by atoms with van der Waals surface area (Å²) in [4.78, 5) is 15.9. The van der Waals surface area contributed by atoms with Gasteiger partial charge in [0, 0.05) is 17.2 Å². The van der Waals surface area contributed by atoms with Crippen LogP contribution in [0.1, 0.15) is 5.56 Å². The molecule has 6 nitrogen and oxygen atoms in total. The van der Waals surface area contributed by atoms with E-state index in [1.54, 1.807) is 38.6 Å². The van der Waals surface area contributed by atoms with E-state index in [0.29, 0.717) is 23.9 Å². The number of aromatic nitrogens is 1. The SMILES string of the molecule is COc1ccc(CNC(=O)Nc2cc(Br)ccn2)cc1OC. The third-order valence-corrected chi connectivity index (χ3v) is 3.36. The molecule has 0 saturated carbocycles. The molecule has 0 spiro atoms. The molecule has 0 atom stereocenters. The van der Waals surface area contributed by atoms with Crippen LogP contribution < -0.4 is 20.1 Å². The fraction of sp³-hybridized carbons (Fsp3) is 0.200. The van der Waals surface area contributed by atoms with Gasteiger partial charge in [-0.1, -0.05) is 22.0 Å². The van der Waals surface area contributed by atoms with E-state index in [0.717, 1.165) is 10.0 Å². The first-order valence-corrected chi connectivity index (χ1v) is 7.29. The molecule has 0 aliphatic rings. The van der Waals surface area contributed by atoms with Crippen molar-refractivity contribution in [3.05, 3.63) is 46.6 Å². The Labute approximate surface area is 137 Å². The number of hydrogen-bond donors (Lipinski definition) is 2. The predicted molar refractivity (Wildman–Crippen MR) is 87.3 cm³/mol. The van der Waals surface area contributed by atoms with Gasteiger partial charge in [-0.05, 0) is 29.8 Å². The Kier molecular flexibility index (Phi) is 5.60. The molecule has 22 heavy (non-hydrogen) atoms. The van der Waals surface area contributed by atoms with Crippen LogP contribution in [0.15, 0.2) is 41.0 Å². The van der Waals surface area contributed by atoms with Gasteiger partial charge in [-0.15, -0.1) is 0 Å². The van der Waals surface area contributed by atoms with Gasteiger partial charge in [-0.3, -0.25) is 5.32 Å². The molecule has 2 aromatic rings. The maximum atomic E-state index is 11.8. The van der Waals surface area contributed by atoms with Crippen LogP contribution in [0.5, 0.6) is 11.5 Å². The van der Waals surface area contributed by atoms with Gasteiger partial charge in [0.25, 0.3) is 0 Å². The summed E-state index contributed by atoms with van der Waals surface area (Å²) in [6.45, 7) is 0.361. The van der Waals surface area contributed by atoms with Crippen molar-refractivity contribution in [3.63, 3.8) is 0 Å². The highest BCUT2D eigenvalue weighted by molar-refractivity contribution is 9.10. The monoisotopic (exact) mass is 365 g/mol. The number of amides is 2. The van der Waals surface area contributed by atoms with Crippen LogP contribution >= 0.6 is 15.9 Å². The average molecular weight is 366 g/mol.